The molecule has 0 spiro atoms. The number of carbonyl (C=O) groups excluding carboxylic acids is 4. The lowest BCUT2D eigenvalue weighted by Crippen LogP contribution is -2.35. The number of amides is 3. The highest BCUT2D eigenvalue weighted by Gasteiger charge is 2.18. The number of hydrogen-bond acceptors (Lipinski definition) is 5. The summed E-state index contributed by atoms with van der Waals surface area (Å²) in [6, 6.07) is 23.3. The molecule has 34 heavy (non-hydrogen) atoms. The molecule has 0 aromatic heterocycles. The molecule has 8 nitrogen and oxygen atoms in total. The summed E-state index contributed by atoms with van der Waals surface area (Å²) in [6.07, 6.45) is -1.07. The maximum Gasteiger partial charge on any atom is 0.326 e. The van der Waals surface area contributed by atoms with E-state index in [2.05, 4.69) is 16.0 Å². The molecular weight excluding hydrogens is 434 g/mol. The minimum atomic E-state index is -1.07. The summed E-state index contributed by atoms with van der Waals surface area (Å²) in [5.41, 5.74) is 3.49. The highest BCUT2D eigenvalue weighted by atomic mass is 16.5. The van der Waals surface area contributed by atoms with Gasteiger partial charge in [-0.2, -0.15) is 0 Å². The zero-order valence-corrected chi connectivity index (χ0v) is 18.8. The van der Waals surface area contributed by atoms with E-state index in [1.165, 1.54) is 13.8 Å². The van der Waals surface area contributed by atoms with Crippen LogP contribution in [0, 0.1) is 0 Å². The normalized spacial score (nSPS) is 11.1. The molecule has 0 saturated carbocycles. The second kappa shape index (κ2) is 11.4. The van der Waals surface area contributed by atoms with Gasteiger partial charge in [0, 0.05) is 23.9 Å². The Kier molecular flexibility index (Phi) is 8.12. The van der Waals surface area contributed by atoms with E-state index in [1.54, 1.807) is 36.4 Å². The lowest BCUT2D eigenvalue weighted by molar-refractivity contribution is -0.152. The third-order valence-electron chi connectivity index (χ3n) is 4.80. The fourth-order valence-corrected chi connectivity index (χ4v) is 3.08. The molecular formula is C26H25N3O5. The van der Waals surface area contributed by atoms with E-state index < -0.39 is 23.9 Å². The Hall–Kier alpha value is -4.46. The summed E-state index contributed by atoms with van der Waals surface area (Å²) in [6.45, 7) is 2.46. The van der Waals surface area contributed by atoms with Crippen LogP contribution >= 0.6 is 0 Å². The van der Waals surface area contributed by atoms with Crippen LogP contribution in [0.1, 0.15) is 24.2 Å². The lowest BCUT2D eigenvalue weighted by Gasteiger charge is -2.14. The van der Waals surface area contributed by atoms with Crippen molar-refractivity contribution < 1.29 is 23.9 Å². The first-order valence-corrected chi connectivity index (χ1v) is 10.6. The van der Waals surface area contributed by atoms with Crippen molar-refractivity contribution in [3.8, 4) is 11.1 Å². The van der Waals surface area contributed by atoms with E-state index in [9.17, 15) is 19.2 Å². The maximum absolute atomic E-state index is 12.3. The predicted octanol–water partition coefficient (Wildman–Crippen LogP) is 3.61. The number of rotatable bonds is 8. The molecule has 0 fully saturated rings. The topological polar surface area (TPSA) is 114 Å². The van der Waals surface area contributed by atoms with Gasteiger partial charge < -0.3 is 20.7 Å². The largest absolute Gasteiger partial charge is 0.451 e. The Bertz CT molecular complexity index is 1160. The molecule has 3 aromatic rings. The molecule has 3 rings (SSSR count). The average Bonchev–Trinajstić information content (AvgIpc) is 2.84. The second-order valence-electron chi connectivity index (χ2n) is 7.51. The van der Waals surface area contributed by atoms with Crippen molar-refractivity contribution in [3.05, 3.63) is 84.4 Å². The van der Waals surface area contributed by atoms with Gasteiger partial charge in [0.25, 0.3) is 11.8 Å². The van der Waals surface area contributed by atoms with Crippen LogP contribution in [-0.4, -0.2) is 36.3 Å². The smallest absolute Gasteiger partial charge is 0.326 e. The highest BCUT2D eigenvalue weighted by molar-refractivity contribution is 5.98. The number of ether oxygens (including phenoxy) is 1. The van der Waals surface area contributed by atoms with Gasteiger partial charge in [-0.1, -0.05) is 42.5 Å². The minimum absolute atomic E-state index is 0.200. The summed E-state index contributed by atoms with van der Waals surface area (Å²) in [7, 11) is 0. The summed E-state index contributed by atoms with van der Waals surface area (Å²) in [5, 5.41) is 7.74. The molecule has 3 aromatic carbocycles. The van der Waals surface area contributed by atoms with Crippen LogP contribution < -0.4 is 16.0 Å². The number of nitrogens with one attached hydrogen (secondary N) is 3. The molecule has 174 valence electrons. The van der Waals surface area contributed by atoms with Gasteiger partial charge in [0.2, 0.25) is 5.91 Å². The van der Waals surface area contributed by atoms with Crippen molar-refractivity contribution in [3.63, 3.8) is 0 Å². The first-order chi connectivity index (χ1) is 16.3. The SMILES string of the molecule is CC(=O)Nc1ccc(NC(=O)[C@H](C)OC(=O)CNC(=O)c2ccc(-c3ccccc3)cc2)cc1. The molecule has 3 amide bonds. The van der Waals surface area contributed by atoms with Crippen LogP contribution in [0.4, 0.5) is 11.4 Å². The fourth-order valence-electron chi connectivity index (χ4n) is 3.08. The Morgan fingerprint density at radius 1 is 0.765 bits per heavy atom. The first-order valence-electron chi connectivity index (χ1n) is 10.6. The van der Waals surface area contributed by atoms with Gasteiger partial charge in [0.1, 0.15) is 6.54 Å². The van der Waals surface area contributed by atoms with Crippen LogP contribution in [0.15, 0.2) is 78.9 Å². The van der Waals surface area contributed by atoms with E-state index >= 15 is 0 Å². The summed E-state index contributed by atoms with van der Waals surface area (Å²) in [4.78, 5) is 47.7. The van der Waals surface area contributed by atoms with Crippen molar-refractivity contribution in [2.24, 2.45) is 0 Å². The highest BCUT2D eigenvalue weighted by Crippen LogP contribution is 2.19. The van der Waals surface area contributed by atoms with Crippen molar-refractivity contribution in [1.29, 1.82) is 0 Å². The number of carbonyl (C=O) groups is 4. The molecule has 0 saturated heterocycles. The van der Waals surface area contributed by atoms with E-state index in [0.29, 0.717) is 16.9 Å². The molecule has 8 heteroatoms. The predicted molar refractivity (Wildman–Crippen MR) is 129 cm³/mol. The van der Waals surface area contributed by atoms with Crippen LogP contribution in [0.2, 0.25) is 0 Å². The van der Waals surface area contributed by atoms with Gasteiger partial charge in [-0.15, -0.1) is 0 Å². The standard InChI is InChI=1S/C26H25N3O5/c1-17(25(32)29-23-14-12-22(13-15-23)28-18(2)30)34-24(31)16-27-26(33)21-10-8-20(9-11-21)19-6-4-3-5-7-19/h3-15,17H,16H2,1-2H3,(H,27,33)(H,28,30)(H,29,32)/t17-/m0/s1. The quantitative estimate of drug-likeness (QED) is 0.446. The molecule has 0 radical (unpaired) electrons. The molecule has 3 N–H and O–H groups in total. The zero-order chi connectivity index (χ0) is 24.5. The molecule has 0 heterocycles. The summed E-state index contributed by atoms with van der Waals surface area (Å²) < 4.78 is 5.10. The van der Waals surface area contributed by atoms with Gasteiger partial charge in [-0.3, -0.25) is 19.2 Å². The second-order valence-corrected chi connectivity index (χ2v) is 7.51. The summed E-state index contributed by atoms with van der Waals surface area (Å²) >= 11 is 0. The van der Waals surface area contributed by atoms with Gasteiger partial charge in [-0.05, 0) is 54.4 Å². The van der Waals surface area contributed by atoms with Gasteiger partial charge in [0.15, 0.2) is 6.10 Å². The molecule has 0 aliphatic heterocycles. The molecule has 1 atom stereocenters. The average molecular weight is 460 g/mol. The van der Waals surface area contributed by atoms with E-state index in [0.717, 1.165) is 11.1 Å². The Morgan fingerprint density at radius 2 is 1.32 bits per heavy atom. The fraction of sp³-hybridized carbons (Fsp3) is 0.154. The van der Waals surface area contributed by atoms with Crippen LogP contribution in [-0.2, 0) is 19.1 Å². The Morgan fingerprint density at radius 3 is 1.91 bits per heavy atom. The summed E-state index contributed by atoms with van der Waals surface area (Å²) in [5.74, 6) is -1.89. The van der Waals surface area contributed by atoms with Crippen molar-refractivity contribution in [1.82, 2.24) is 5.32 Å². The number of benzene rings is 3. The van der Waals surface area contributed by atoms with Gasteiger partial charge in [0.05, 0.1) is 0 Å². The zero-order valence-electron chi connectivity index (χ0n) is 18.8. The van der Waals surface area contributed by atoms with Gasteiger partial charge in [-0.25, -0.2) is 0 Å². The van der Waals surface area contributed by atoms with Crippen molar-refractivity contribution in [2.45, 2.75) is 20.0 Å². The molecule has 0 aliphatic rings. The van der Waals surface area contributed by atoms with Crippen LogP contribution in [0.5, 0.6) is 0 Å². The lowest BCUT2D eigenvalue weighted by atomic mass is 10.0. The van der Waals surface area contributed by atoms with E-state index in [-0.39, 0.29) is 12.5 Å². The Labute approximate surface area is 197 Å². The third kappa shape index (κ3) is 7.03. The first kappa shape index (κ1) is 24.2. The number of anilines is 2. The van der Waals surface area contributed by atoms with Crippen LogP contribution in [0.25, 0.3) is 11.1 Å². The van der Waals surface area contributed by atoms with E-state index in [1.807, 2.05) is 42.5 Å². The van der Waals surface area contributed by atoms with Gasteiger partial charge >= 0.3 is 5.97 Å². The minimum Gasteiger partial charge on any atom is -0.451 e. The van der Waals surface area contributed by atoms with Crippen molar-refractivity contribution in [2.75, 3.05) is 17.2 Å². The molecule has 0 aliphatic carbocycles. The monoisotopic (exact) mass is 459 g/mol. The number of hydrogen-bond donors (Lipinski definition) is 3. The van der Waals surface area contributed by atoms with E-state index in [4.69, 9.17) is 4.74 Å². The number of esters is 1. The maximum atomic E-state index is 12.3. The Balaban J connectivity index is 1.45. The van der Waals surface area contributed by atoms with Crippen LogP contribution in [0.3, 0.4) is 0 Å². The van der Waals surface area contributed by atoms with Crippen molar-refractivity contribution >= 4 is 35.1 Å². The third-order valence-corrected chi connectivity index (χ3v) is 4.80. The molecule has 0 bridgehead atoms. The molecule has 0 unspecified atom stereocenters.